The highest BCUT2D eigenvalue weighted by molar-refractivity contribution is 5.69. The van der Waals surface area contributed by atoms with Crippen molar-refractivity contribution in [1.82, 2.24) is 9.97 Å². The molecule has 0 atom stereocenters. The predicted molar refractivity (Wildman–Crippen MR) is 110 cm³/mol. The second-order valence-electron chi connectivity index (χ2n) is 6.69. The second kappa shape index (κ2) is 8.14. The van der Waals surface area contributed by atoms with E-state index in [0.717, 1.165) is 43.0 Å². The number of anilines is 4. The molecular weight excluding hydrogens is 354 g/mol. The number of aromatic nitrogens is 2. The van der Waals surface area contributed by atoms with Gasteiger partial charge in [-0.3, -0.25) is 0 Å². The molecule has 1 aliphatic rings. The van der Waals surface area contributed by atoms with Crippen molar-refractivity contribution in [1.29, 1.82) is 0 Å². The van der Waals surface area contributed by atoms with Crippen LogP contribution in [-0.2, 0) is 4.74 Å². The number of nitrogens with zero attached hydrogens (tertiary/aromatic N) is 2. The molecule has 2 aromatic carbocycles. The zero-order chi connectivity index (χ0) is 19.3. The fourth-order valence-corrected chi connectivity index (χ4v) is 3.06. The average molecular weight is 377 g/mol. The van der Waals surface area contributed by atoms with Crippen molar-refractivity contribution in [3.8, 4) is 17.0 Å². The Hall–Kier alpha value is -3.32. The minimum atomic E-state index is 0.150. The maximum Gasteiger partial charge on any atom is 0.227 e. The van der Waals surface area contributed by atoms with E-state index in [1.165, 1.54) is 0 Å². The third kappa shape index (κ3) is 4.32. The summed E-state index contributed by atoms with van der Waals surface area (Å²) in [6.45, 7) is 1.46. The third-order valence-corrected chi connectivity index (χ3v) is 4.59. The van der Waals surface area contributed by atoms with Crippen LogP contribution in [0.2, 0.25) is 0 Å². The Kier molecular flexibility index (Phi) is 5.25. The molecule has 0 unspecified atom stereocenters. The molecule has 4 rings (SSSR count). The molecule has 28 heavy (non-hydrogen) atoms. The summed E-state index contributed by atoms with van der Waals surface area (Å²) in [6, 6.07) is 15.0. The molecule has 0 saturated carbocycles. The molecule has 1 fully saturated rings. The van der Waals surface area contributed by atoms with E-state index in [1.807, 2.05) is 48.5 Å². The maximum atomic E-state index is 6.22. The molecule has 7 heteroatoms. The number of hydrogen-bond acceptors (Lipinski definition) is 7. The quantitative estimate of drug-likeness (QED) is 0.583. The number of nitrogens with two attached hydrogens (primary N) is 2. The maximum absolute atomic E-state index is 6.22. The lowest BCUT2D eigenvalue weighted by molar-refractivity contribution is 0.0259. The van der Waals surface area contributed by atoms with Crippen molar-refractivity contribution in [2.24, 2.45) is 0 Å². The Morgan fingerprint density at radius 2 is 1.79 bits per heavy atom. The van der Waals surface area contributed by atoms with Crippen LogP contribution in [0.25, 0.3) is 11.3 Å². The van der Waals surface area contributed by atoms with Gasteiger partial charge >= 0.3 is 0 Å². The SMILES string of the molecule is Nc1ccc(Nc2nccc(-c3ccc(OC4CCOCC4)c(N)c3)n2)cc1. The number of hydrogen-bond donors (Lipinski definition) is 3. The van der Waals surface area contributed by atoms with E-state index in [0.29, 0.717) is 23.1 Å². The van der Waals surface area contributed by atoms with E-state index in [-0.39, 0.29) is 6.10 Å². The molecule has 1 aromatic heterocycles. The van der Waals surface area contributed by atoms with E-state index in [1.54, 1.807) is 6.20 Å². The minimum absolute atomic E-state index is 0.150. The molecule has 1 saturated heterocycles. The van der Waals surface area contributed by atoms with Crippen molar-refractivity contribution >= 4 is 23.0 Å². The summed E-state index contributed by atoms with van der Waals surface area (Å²) < 4.78 is 11.4. The summed E-state index contributed by atoms with van der Waals surface area (Å²) in [6.07, 6.45) is 3.63. The molecule has 0 amide bonds. The molecular formula is C21H23N5O2. The van der Waals surface area contributed by atoms with Crippen molar-refractivity contribution in [3.63, 3.8) is 0 Å². The molecule has 2 heterocycles. The Morgan fingerprint density at radius 1 is 1.00 bits per heavy atom. The Labute approximate surface area is 163 Å². The zero-order valence-electron chi connectivity index (χ0n) is 15.5. The fourth-order valence-electron chi connectivity index (χ4n) is 3.06. The van der Waals surface area contributed by atoms with Gasteiger partial charge in [0.15, 0.2) is 0 Å². The standard InChI is InChI=1S/C21H23N5O2/c22-15-2-4-16(5-3-15)25-21-24-10-7-19(26-21)14-1-6-20(18(23)13-14)28-17-8-11-27-12-9-17/h1-7,10,13,17H,8-9,11-12,22-23H2,(H,24,25,26). The van der Waals surface area contributed by atoms with Crippen LogP contribution < -0.4 is 21.5 Å². The van der Waals surface area contributed by atoms with Crippen LogP contribution >= 0.6 is 0 Å². The largest absolute Gasteiger partial charge is 0.488 e. The van der Waals surface area contributed by atoms with E-state index >= 15 is 0 Å². The van der Waals surface area contributed by atoms with Gasteiger partial charge in [-0.05, 0) is 48.5 Å². The first-order valence-electron chi connectivity index (χ1n) is 9.27. The van der Waals surface area contributed by atoms with E-state index < -0.39 is 0 Å². The van der Waals surface area contributed by atoms with Crippen LogP contribution in [0.5, 0.6) is 5.75 Å². The lowest BCUT2D eigenvalue weighted by Crippen LogP contribution is -2.26. The minimum Gasteiger partial charge on any atom is -0.488 e. The Bertz CT molecular complexity index is 940. The highest BCUT2D eigenvalue weighted by Gasteiger charge is 2.16. The van der Waals surface area contributed by atoms with Gasteiger partial charge in [-0.1, -0.05) is 0 Å². The van der Waals surface area contributed by atoms with Gasteiger partial charge in [0.2, 0.25) is 5.95 Å². The lowest BCUT2D eigenvalue weighted by atomic mass is 10.1. The lowest BCUT2D eigenvalue weighted by Gasteiger charge is -2.24. The van der Waals surface area contributed by atoms with E-state index in [2.05, 4.69) is 15.3 Å². The van der Waals surface area contributed by atoms with Crippen LogP contribution in [-0.4, -0.2) is 29.3 Å². The first-order chi connectivity index (χ1) is 13.7. The highest BCUT2D eigenvalue weighted by atomic mass is 16.5. The first kappa shape index (κ1) is 18.1. The molecule has 5 N–H and O–H groups in total. The second-order valence-corrected chi connectivity index (χ2v) is 6.69. The summed E-state index contributed by atoms with van der Waals surface area (Å²) in [4.78, 5) is 8.86. The molecule has 0 radical (unpaired) electrons. The number of nitrogens with one attached hydrogen (secondary N) is 1. The van der Waals surface area contributed by atoms with Crippen LogP contribution in [0.4, 0.5) is 23.0 Å². The summed E-state index contributed by atoms with van der Waals surface area (Å²) in [7, 11) is 0. The zero-order valence-corrected chi connectivity index (χ0v) is 15.5. The van der Waals surface area contributed by atoms with E-state index in [9.17, 15) is 0 Å². The molecule has 0 aliphatic carbocycles. The average Bonchev–Trinajstić information content (AvgIpc) is 2.72. The smallest absolute Gasteiger partial charge is 0.227 e. The highest BCUT2D eigenvalue weighted by Crippen LogP contribution is 2.30. The van der Waals surface area contributed by atoms with Gasteiger partial charge in [0.1, 0.15) is 11.9 Å². The predicted octanol–water partition coefficient (Wildman–Crippen LogP) is 3.61. The van der Waals surface area contributed by atoms with E-state index in [4.69, 9.17) is 20.9 Å². The van der Waals surface area contributed by atoms with Gasteiger partial charge in [0.25, 0.3) is 0 Å². The van der Waals surface area contributed by atoms with Crippen molar-refractivity contribution < 1.29 is 9.47 Å². The van der Waals surface area contributed by atoms with Crippen LogP contribution in [0, 0.1) is 0 Å². The topological polar surface area (TPSA) is 108 Å². The normalized spacial score (nSPS) is 14.6. The van der Waals surface area contributed by atoms with Crippen molar-refractivity contribution in [2.75, 3.05) is 30.0 Å². The number of benzene rings is 2. The monoisotopic (exact) mass is 377 g/mol. The van der Waals surface area contributed by atoms with Gasteiger partial charge in [-0.2, -0.15) is 0 Å². The summed E-state index contributed by atoms with van der Waals surface area (Å²) >= 11 is 0. The summed E-state index contributed by atoms with van der Waals surface area (Å²) in [5.74, 6) is 1.20. The molecule has 0 bridgehead atoms. The Morgan fingerprint density at radius 3 is 2.54 bits per heavy atom. The Balaban J connectivity index is 1.50. The number of ether oxygens (including phenoxy) is 2. The summed E-state index contributed by atoms with van der Waals surface area (Å²) in [5.41, 5.74) is 15.8. The first-order valence-corrected chi connectivity index (χ1v) is 9.27. The van der Waals surface area contributed by atoms with Gasteiger partial charge in [0.05, 0.1) is 24.6 Å². The van der Waals surface area contributed by atoms with Crippen molar-refractivity contribution in [3.05, 3.63) is 54.7 Å². The van der Waals surface area contributed by atoms with Crippen LogP contribution in [0.1, 0.15) is 12.8 Å². The van der Waals surface area contributed by atoms with Gasteiger partial charge in [-0.15, -0.1) is 0 Å². The number of nitrogen functional groups attached to an aromatic ring is 2. The van der Waals surface area contributed by atoms with Crippen LogP contribution in [0.15, 0.2) is 54.7 Å². The van der Waals surface area contributed by atoms with Gasteiger partial charge < -0.3 is 26.3 Å². The molecule has 1 aliphatic heterocycles. The van der Waals surface area contributed by atoms with Crippen LogP contribution in [0.3, 0.4) is 0 Å². The van der Waals surface area contributed by atoms with Crippen molar-refractivity contribution in [2.45, 2.75) is 18.9 Å². The third-order valence-electron chi connectivity index (χ3n) is 4.59. The fraction of sp³-hybridized carbons (Fsp3) is 0.238. The molecule has 3 aromatic rings. The molecule has 144 valence electrons. The molecule has 0 spiro atoms. The van der Waals surface area contributed by atoms with Gasteiger partial charge in [0, 0.05) is 36.0 Å². The number of rotatable bonds is 5. The van der Waals surface area contributed by atoms with Gasteiger partial charge in [-0.25, -0.2) is 9.97 Å². The molecule has 7 nitrogen and oxygen atoms in total. The summed E-state index contributed by atoms with van der Waals surface area (Å²) in [5, 5.41) is 3.18.